The molecule has 7 nitrogen and oxygen atoms in total. The maximum absolute atomic E-state index is 12.6. The second-order valence-electron chi connectivity index (χ2n) is 5.28. The predicted molar refractivity (Wildman–Crippen MR) is 95.1 cm³/mol. The summed E-state index contributed by atoms with van der Waals surface area (Å²) in [6.07, 6.45) is 1.40. The van der Waals surface area contributed by atoms with Gasteiger partial charge in [0.1, 0.15) is 5.75 Å². The molecule has 1 aliphatic rings. The van der Waals surface area contributed by atoms with Gasteiger partial charge in [0.25, 0.3) is 5.91 Å². The van der Waals surface area contributed by atoms with E-state index in [0.29, 0.717) is 43.3 Å². The molecule has 9 heteroatoms. The number of methoxy groups -OCH3 is 1. The average Bonchev–Trinajstić information content (AvgIpc) is 2.65. The molecule has 0 radical (unpaired) electrons. The van der Waals surface area contributed by atoms with Gasteiger partial charge in [-0.1, -0.05) is 23.2 Å². The highest BCUT2D eigenvalue weighted by Gasteiger charge is 2.20. The fraction of sp³-hybridized carbons (Fsp3) is 0.312. The van der Waals surface area contributed by atoms with Crippen LogP contribution in [0.25, 0.3) is 0 Å². The standard InChI is InChI=1S/C16H16Cl2N4O3/c1-24-13-8-10(15(23)22-4-6-25-7-5-22)2-3-12(13)20-16-19-9-11(17)14(18)21-16/h2-3,8-9H,4-7H2,1H3,(H,19,20,21). The highest BCUT2D eigenvalue weighted by atomic mass is 35.5. The number of rotatable bonds is 4. The molecule has 2 heterocycles. The number of anilines is 2. The zero-order valence-electron chi connectivity index (χ0n) is 13.5. The summed E-state index contributed by atoms with van der Waals surface area (Å²) in [5, 5.41) is 3.42. The van der Waals surface area contributed by atoms with Crippen LogP contribution in [0.15, 0.2) is 24.4 Å². The van der Waals surface area contributed by atoms with Crippen LogP contribution in [0.4, 0.5) is 11.6 Å². The maximum atomic E-state index is 12.6. The zero-order chi connectivity index (χ0) is 17.8. The van der Waals surface area contributed by atoms with Crippen molar-refractivity contribution in [3.05, 3.63) is 40.1 Å². The molecule has 0 atom stereocenters. The molecule has 1 aliphatic heterocycles. The molecule has 1 saturated heterocycles. The van der Waals surface area contributed by atoms with Gasteiger partial charge in [-0.3, -0.25) is 4.79 Å². The van der Waals surface area contributed by atoms with Gasteiger partial charge >= 0.3 is 0 Å². The van der Waals surface area contributed by atoms with Gasteiger partial charge in [0.05, 0.1) is 37.2 Å². The Morgan fingerprint density at radius 3 is 2.76 bits per heavy atom. The van der Waals surface area contributed by atoms with E-state index in [1.54, 1.807) is 23.1 Å². The van der Waals surface area contributed by atoms with Crippen molar-refractivity contribution in [3.63, 3.8) is 0 Å². The number of carbonyl (C=O) groups excluding carboxylic acids is 1. The molecule has 0 aliphatic carbocycles. The second-order valence-corrected chi connectivity index (χ2v) is 6.04. The SMILES string of the molecule is COc1cc(C(=O)N2CCOCC2)ccc1Nc1ncc(Cl)c(Cl)n1. The molecule has 1 aromatic carbocycles. The van der Waals surface area contributed by atoms with Crippen molar-refractivity contribution < 1.29 is 14.3 Å². The van der Waals surface area contributed by atoms with E-state index in [2.05, 4.69) is 15.3 Å². The van der Waals surface area contributed by atoms with E-state index in [1.807, 2.05) is 0 Å². The number of halogens is 2. The molecular formula is C16H16Cl2N4O3. The first kappa shape index (κ1) is 17.7. The van der Waals surface area contributed by atoms with Crippen molar-refractivity contribution in [1.82, 2.24) is 14.9 Å². The molecule has 1 amide bonds. The number of ether oxygens (including phenoxy) is 2. The number of hydrogen-bond donors (Lipinski definition) is 1. The van der Waals surface area contributed by atoms with Crippen LogP contribution in [0, 0.1) is 0 Å². The first-order chi connectivity index (χ1) is 12.1. The van der Waals surface area contributed by atoms with Crippen molar-refractivity contribution in [2.24, 2.45) is 0 Å². The summed E-state index contributed by atoms with van der Waals surface area (Å²) >= 11 is 11.7. The summed E-state index contributed by atoms with van der Waals surface area (Å²) < 4.78 is 10.6. The van der Waals surface area contributed by atoms with Gasteiger partial charge in [0.2, 0.25) is 5.95 Å². The molecule has 2 aromatic rings. The Morgan fingerprint density at radius 2 is 2.08 bits per heavy atom. The minimum atomic E-state index is -0.0565. The Kier molecular flexibility index (Phi) is 5.57. The van der Waals surface area contributed by atoms with Gasteiger partial charge in [-0.05, 0) is 18.2 Å². The largest absolute Gasteiger partial charge is 0.495 e. The van der Waals surface area contributed by atoms with Gasteiger partial charge in [-0.15, -0.1) is 0 Å². The Bertz CT molecular complexity index is 782. The number of hydrogen-bond acceptors (Lipinski definition) is 6. The van der Waals surface area contributed by atoms with Crippen LogP contribution in [0.2, 0.25) is 10.2 Å². The van der Waals surface area contributed by atoms with Crippen LogP contribution in [0.3, 0.4) is 0 Å². The lowest BCUT2D eigenvalue weighted by atomic mass is 10.1. The van der Waals surface area contributed by atoms with E-state index in [0.717, 1.165) is 0 Å². The van der Waals surface area contributed by atoms with Gasteiger partial charge in [-0.25, -0.2) is 4.98 Å². The van der Waals surface area contributed by atoms with Crippen molar-refractivity contribution in [2.45, 2.75) is 0 Å². The highest BCUT2D eigenvalue weighted by Crippen LogP contribution is 2.29. The average molecular weight is 383 g/mol. The van der Waals surface area contributed by atoms with Crippen LogP contribution >= 0.6 is 23.2 Å². The molecule has 1 N–H and O–H groups in total. The lowest BCUT2D eigenvalue weighted by molar-refractivity contribution is 0.0302. The van der Waals surface area contributed by atoms with Crippen molar-refractivity contribution in [2.75, 3.05) is 38.7 Å². The molecule has 132 valence electrons. The predicted octanol–water partition coefficient (Wildman–Crippen LogP) is 3.01. The van der Waals surface area contributed by atoms with Crippen LogP contribution in [0.5, 0.6) is 5.75 Å². The van der Waals surface area contributed by atoms with Gasteiger partial charge in [0.15, 0.2) is 5.15 Å². The summed E-state index contributed by atoms with van der Waals surface area (Å²) in [5.74, 6) is 0.715. The lowest BCUT2D eigenvalue weighted by Gasteiger charge is -2.27. The summed E-state index contributed by atoms with van der Waals surface area (Å²) in [6, 6.07) is 5.14. The van der Waals surface area contributed by atoms with Crippen LogP contribution < -0.4 is 10.1 Å². The van der Waals surface area contributed by atoms with Gasteiger partial charge < -0.3 is 19.7 Å². The summed E-state index contributed by atoms with van der Waals surface area (Å²) in [4.78, 5) is 22.4. The Hall–Kier alpha value is -2.09. The number of morpholine rings is 1. The van der Waals surface area contributed by atoms with Gasteiger partial charge in [-0.2, -0.15) is 4.98 Å². The second kappa shape index (κ2) is 7.86. The minimum Gasteiger partial charge on any atom is -0.495 e. The third-order valence-electron chi connectivity index (χ3n) is 3.69. The first-order valence-electron chi connectivity index (χ1n) is 7.58. The molecule has 0 saturated carbocycles. The highest BCUT2D eigenvalue weighted by molar-refractivity contribution is 6.41. The summed E-state index contributed by atoms with van der Waals surface area (Å²) in [7, 11) is 1.53. The summed E-state index contributed by atoms with van der Waals surface area (Å²) in [6.45, 7) is 2.27. The van der Waals surface area contributed by atoms with E-state index < -0.39 is 0 Å². The smallest absolute Gasteiger partial charge is 0.254 e. The third-order valence-corrected chi connectivity index (χ3v) is 4.36. The van der Waals surface area contributed by atoms with Crippen molar-refractivity contribution in [1.29, 1.82) is 0 Å². The lowest BCUT2D eigenvalue weighted by Crippen LogP contribution is -2.40. The number of nitrogens with one attached hydrogen (secondary N) is 1. The number of amides is 1. The van der Waals surface area contributed by atoms with E-state index in [4.69, 9.17) is 32.7 Å². The van der Waals surface area contributed by atoms with Crippen molar-refractivity contribution >= 4 is 40.7 Å². The molecule has 0 spiro atoms. The molecular weight excluding hydrogens is 367 g/mol. The Labute approximate surface area is 154 Å². The van der Waals surface area contributed by atoms with Crippen LogP contribution in [-0.2, 0) is 4.74 Å². The van der Waals surface area contributed by atoms with Crippen LogP contribution in [0.1, 0.15) is 10.4 Å². The normalized spacial score (nSPS) is 14.3. The fourth-order valence-corrected chi connectivity index (χ4v) is 2.62. The Balaban J connectivity index is 1.81. The first-order valence-corrected chi connectivity index (χ1v) is 8.34. The number of nitrogens with zero attached hydrogens (tertiary/aromatic N) is 3. The van der Waals surface area contributed by atoms with Crippen molar-refractivity contribution in [3.8, 4) is 5.75 Å². The molecule has 0 bridgehead atoms. The summed E-state index contributed by atoms with van der Waals surface area (Å²) in [5.41, 5.74) is 1.15. The monoisotopic (exact) mass is 382 g/mol. The number of aromatic nitrogens is 2. The number of carbonyl (C=O) groups is 1. The van der Waals surface area contributed by atoms with E-state index in [9.17, 15) is 4.79 Å². The van der Waals surface area contributed by atoms with E-state index in [1.165, 1.54) is 13.3 Å². The fourth-order valence-electron chi connectivity index (χ4n) is 2.40. The maximum Gasteiger partial charge on any atom is 0.254 e. The van der Waals surface area contributed by atoms with E-state index in [-0.39, 0.29) is 22.0 Å². The third kappa shape index (κ3) is 4.12. The molecule has 25 heavy (non-hydrogen) atoms. The quantitative estimate of drug-likeness (QED) is 0.818. The zero-order valence-corrected chi connectivity index (χ0v) is 15.0. The topological polar surface area (TPSA) is 76.6 Å². The van der Waals surface area contributed by atoms with Gasteiger partial charge in [0, 0.05) is 18.7 Å². The Morgan fingerprint density at radius 1 is 1.32 bits per heavy atom. The molecule has 3 rings (SSSR count). The molecule has 1 aromatic heterocycles. The molecule has 1 fully saturated rings. The van der Waals surface area contributed by atoms with Crippen LogP contribution in [-0.4, -0.2) is 54.2 Å². The number of benzene rings is 1. The minimum absolute atomic E-state index is 0.0565. The van der Waals surface area contributed by atoms with E-state index >= 15 is 0 Å². The molecule has 0 unspecified atom stereocenters.